The topological polar surface area (TPSA) is 47.8 Å². The average Bonchev–Trinajstić information content (AvgIpc) is 2.64. The Labute approximate surface area is 104 Å². The summed E-state index contributed by atoms with van der Waals surface area (Å²) in [4.78, 5) is 20.1. The molecule has 0 N–H and O–H groups in total. The summed E-state index contributed by atoms with van der Waals surface area (Å²) in [5, 5.41) is 1.08. The number of Topliss-reactive ketones (excluding diaryl/α,β-unsaturated/α-hetero) is 1. The summed E-state index contributed by atoms with van der Waals surface area (Å²) >= 11 is 5.83. The maximum Gasteiger partial charge on any atom is 0.224 e. The SMILES string of the molecule is CC1(C)CCC(=O)c2cc3cnc(Cl)nc3n21. The molecule has 0 saturated carbocycles. The van der Waals surface area contributed by atoms with Crippen molar-refractivity contribution in [2.45, 2.75) is 32.2 Å². The van der Waals surface area contributed by atoms with Gasteiger partial charge in [0.1, 0.15) is 5.65 Å². The molecule has 3 rings (SSSR count). The number of nitrogens with zero attached hydrogens (tertiary/aromatic N) is 3. The Morgan fingerprint density at radius 2 is 2.24 bits per heavy atom. The molecule has 0 radical (unpaired) electrons. The first-order valence-electron chi connectivity index (χ1n) is 5.57. The molecule has 2 aromatic rings. The molecule has 0 unspecified atom stereocenters. The maximum absolute atomic E-state index is 11.9. The molecule has 5 heteroatoms. The molecular weight excluding hydrogens is 238 g/mol. The highest BCUT2D eigenvalue weighted by Gasteiger charge is 2.33. The van der Waals surface area contributed by atoms with Crippen molar-refractivity contribution in [1.82, 2.24) is 14.5 Å². The summed E-state index contributed by atoms with van der Waals surface area (Å²) in [6.45, 7) is 4.22. The number of hydrogen-bond donors (Lipinski definition) is 0. The lowest BCUT2D eigenvalue weighted by Gasteiger charge is -2.33. The molecule has 0 amide bonds. The molecule has 0 aliphatic carbocycles. The third-order valence-corrected chi connectivity index (χ3v) is 3.55. The van der Waals surface area contributed by atoms with Gasteiger partial charge in [0.15, 0.2) is 5.78 Å². The van der Waals surface area contributed by atoms with Gasteiger partial charge in [-0.05, 0) is 37.9 Å². The summed E-state index contributed by atoms with van der Waals surface area (Å²) in [6.07, 6.45) is 3.08. The number of hydrogen-bond acceptors (Lipinski definition) is 3. The summed E-state index contributed by atoms with van der Waals surface area (Å²) in [6, 6.07) is 1.86. The van der Waals surface area contributed by atoms with Gasteiger partial charge in [-0.25, -0.2) is 4.98 Å². The highest BCUT2D eigenvalue weighted by Crippen LogP contribution is 2.35. The lowest BCUT2D eigenvalue weighted by Crippen LogP contribution is -2.34. The van der Waals surface area contributed by atoms with Gasteiger partial charge in [0.25, 0.3) is 0 Å². The number of rotatable bonds is 0. The van der Waals surface area contributed by atoms with Crippen LogP contribution in [0.25, 0.3) is 11.0 Å². The van der Waals surface area contributed by atoms with Gasteiger partial charge in [0.05, 0.1) is 5.69 Å². The minimum Gasteiger partial charge on any atom is -0.317 e. The van der Waals surface area contributed by atoms with Crippen LogP contribution in [0.15, 0.2) is 12.3 Å². The first-order valence-corrected chi connectivity index (χ1v) is 5.94. The normalized spacial score (nSPS) is 18.4. The lowest BCUT2D eigenvalue weighted by molar-refractivity contribution is 0.0917. The molecule has 88 valence electrons. The minimum absolute atomic E-state index is 0.108. The Morgan fingerprint density at radius 1 is 1.47 bits per heavy atom. The predicted molar refractivity (Wildman–Crippen MR) is 65.4 cm³/mol. The number of carbonyl (C=O) groups excluding carboxylic acids is 1. The highest BCUT2D eigenvalue weighted by atomic mass is 35.5. The Kier molecular flexibility index (Phi) is 2.08. The molecule has 0 fully saturated rings. The van der Waals surface area contributed by atoms with Crippen LogP contribution in [-0.2, 0) is 5.54 Å². The molecule has 3 heterocycles. The van der Waals surface area contributed by atoms with Crippen molar-refractivity contribution >= 4 is 28.4 Å². The van der Waals surface area contributed by atoms with Crippen molar-refractivity contribution in [2.75, 3.05) is 0 Å². The van der Waals surface area contributed by atoms with Crippen LogP contribution in [-0.4, -0.2) is 20.3 Å². The van der Waals surface area contributed by atoms with Gasteiger partial charge in [-0.1, -0.05) is 0 Å². The van der Waals surface area contributed by atoms with Crippen LogP contribution in [0.3, 0.4) is 0 Å². The van der Waals surface area contributed by atoms with Crippen LogP contribution >= 0.6 is 11.6 Å². The van der Waals surface area contributed by atoms with E-state index in [1.165, 1.54) is 0 Å². The Bertz CT molecular complexity index is 630. The summed E-state index contributed by atoms with van der Waals surface area (Å²) in [5.74, 6) is 0.165. The van der Waals surface area contributed by atoms with Crippen molar-refractivity contribution in [1.29, 1.82) is 0 Å². The summed E-state index contributed by atoms with van der Waals surface area (Å²) in [7, 11) is 0. The number of ketones is 1. The van der Waals surface area contributed by atoms with E-state index in [1.807, 2.05) is 10.6 Å². The second-order valence-electron chi connectivity index (χ2n) is 5.02. The molecule has 0 saturated heterocycles. The van der Waals surface area contributed by atoms with Crippen LogP contribution in [0.2, 0.25) is 5.28 Å². The first-order chi connectivity index (χ1) is 7.99. The zero-order valence-electron chi connectivity index (χ0n) is 9.70. The fourth-order valence-electron chi connectivity index (χ4n) is 2.45. The molecule has 0 spiro atoms. The van der Waals surface area contributed by atoms with E-state index in [0.29, 0.717) is 12.1 Å². The average molecular weight is 250 g/mol. The van der Waals surface area contributed by atoms with Crippen molar-refractivity contribution in [2.24, 2.45) is 0 Å². The predicted octanol–water partition coefficient (Wildman–Crippen LogP) is 2.80. The minimum atomic E-state index is -0.108. The smallest absolute Gasteiger partial charge is 0.224 e. The van der Waals surface area contributed by atoms with E-state index in [2.05, 4.69) is 23.8 Å². The van der Waals surface area contributed by atoms with E-state index in [0.717, 1.165) is 17.5 Å². The van der Waals surface area contributed by atoms with Crippen LogP contribution < -0.4 is 0 Å². The van der Waals surface area contributed by atoms with Gasteiger partial charge in [0, 0.05) is 23.5 Å². The Balaban J connectivity index is 2.42. The molecular formula is C12H12ClN3O. The first kappa shape index (κ1) is 10.7. The fraction of sp³-hybridized carbons (Fsp3) is 0.417. The lowest BCUT2D eigenvalue weighted by atomic mass is 9.91. The van der Waals surface area contributed by atoms with Gasteiger partial charge in [-0.3, -0.25) is 4.79 Å². The Morgan fingerprint density at radius 3 is 3.00 bits per heavy atom. The number of carbonyl (C=O) groups is 1. The van der Waals surface area contributed by atoms with Crippen LogP contribution in [0.5, 0.6) is 0 Å². The summed E-state index contributed by atoms with van der Waals surface area (Å²) < 4.78 is 1.99. The molecule has 0 atom stereocenters. The molecule has 0 aromatic carbocycles. The van der Waals surface area contributed by atoms with Crippen molar-refractivity contribution in [3.63, 3.8) is 0 Å². The van der Waals surface area contributed by atoms with Gasteiger partial charge >= 0.3 is 0 Å². The molecule has 1 aliphatic rings. The van der Waals surface area contributed by atoms with Crippen LogP contribution in [0, 0.1) is 0 Å². The second-order valence-corrected chi connectivity index (χ2v) is 5.36. The number of fused-ring (bicyclic) bond motifs is 3. The monoisotopic (exact) mass is 249 g/mol. The van der Waals surface area contributed by atoms with Crippen molar-refractivity contribution in [3.8, 4) is 0 Å². The van der Waals surface area contributed by atoms with Gasteiger partial charge < -0.3 is 4.57 Å². The maximum atomic E-state index is 11.9. The molecule has 1 aliphatic heterocycles. The zero-order valence-corrected chi connectivity index (χ0v) is 10.5. The standard InChI is InChI=1S/C12H12ClN3O/c1-12(2)4-3-9(17)8-5-7-6-14-11(13)15-10(7)16(8)12/h5-6H,3-4H2,1-2H3. The van der Waals surface area contributed by atoms with E-state index in [1.54, 1.807) is 6.20 Å². The molecule has 2 aromatic heterocycles. The van der Waals surface area contributed by atoms with Gasteiger partial charge in [-0.15, -0.1) is 0 Å². The number of aromatic nitrogens is 3. The van der Waals surface area contributed by atoms with Gasteiger partial charge in [-0.2, -0.15) is 4.98 Å². The molecule has 4 nitrogen and oxygen atoms in total. The Hall–Kier alpha value is -1.42. The highest BCUT2D eigenvalue weighted by molar-refractivity contribution is 6.28. The van der Waals surface area contributed by atoms with E-state index in [-0.39, 0.29) is 16.6 Å². The van der Waals surface area contributed by atoms with E-state index < -0.39 is 0 Å². The second kappa shape index (κ2) is 3.29. The number of halogens is 1. The molecule has 17 heavy (non-hydrogen) atoms. The third kappa shape index (κ3) is 1.47. The van der Waals surface area contributed by atoms with Crippen molar-refractivity contribution < 1.29 is 4.79 Å². The zero-order chi connectivity index (χ0) is 12.2. The van der Waals surface area contributed by atoms with E-state index in [4.69, 9.17) is 11.6 Å². The quantitative estimate of drug-likeness (QED) is 0.675. The van der Waals surface area contributed by atoms with Crippen molar-refractivity contribution in [3.05, 3.63) is 23.2 Å². The fourth-order valence-corrected chi connectivity index (χ4v) is 2.57. The summed E-state index contributed by atoms with van der Waals surface area (Å²) in [5.41, 5.74) is 1.36. The van der Waals surface area contributed by atoms with Crippen LogP contribution in [0.1, 0.15) is 37.2 Å². The van der Waals surface area contributed by atoms with E-state index >= 15 is 0 Å². The third-order valence-electron chi connectivity index (χ3n) is 3.37. The van der Waals surface area contributed by atoms with Gasteiger partial charge in [0.2, 0.25) is 5.28 Å². The van der Waals surface area contributed by atoms with Crippen LogP contribution in [0.4, 0.5) is 0 Å². The van der Waals surface area contributed by atoms with E-state index in [9.17, 15) is 4.79 Å². The largest absolute Gasteiger partial charge is 0.317 e. The molecule has 0 bridgehead atoms.